The normalized spacial score (nSPS) is 25.1. The maximum absolute atomic E-state index is 15.4. The van der Waals surface area contributed by atoms with Crippen molar-refractivity contribution in [2.45, 2.75) is 40.3 Å². The number of aliphatic hydroxyl groups is 1. The number of alkyl halides is 1. The molecule has 3 aliphatic heterocycles. The van der Waals surface area contributed by atoms with Gasteiger partial charge in [0.2, 0.25) is 11.8 Å². The van der Waals surface area contributed by atoms with Gasteiger partial charge in [-0.25, -0.2) is 0 Å². The lowest BCUT2D eigenvalue weighted by atomic mass is 9.70. The second-order valence-electron chi connectivity index (χ2n) is 13.5. The third-order valence-corrected chi connectivity index (χ3v) is 13.8. The summed E-state index contributed by atoms with van der Waals surface area (Å²) >= 11 is 5.49. The number of benzene rings is 4. The summed E-state index contributed by atoms with van der Waals surface area (Å²) in [6.45, 7) is 10.4. The zero-order chi connectivity index (χ0) is 36.6. The van der Waals surface area contributed by atoms with Crippen LogP contribution in [0.15, 0.2) is 122 Å². The molecule has 3 saturated heterocycles. The highest BCUT2D eigenvalue weighted by Gasteiger charge is 2.76. The molecule has 2 bridgehead atoms. The van der Waals surface area contributed by atoms with E-state index < -0.39 is 28.7 Å². The van der Waals surface area contributed by atoms with E-state index in [1.807, 2.05) is 104 Å². The highest BCUT2D eigenvalue weighted by Crippen LogP contribution is 2.69. The second kappa shape index (κ2) is 14.9. The average molecular weight is 781 g/mol. The molecular formula is C42H42BrN3O5S. The van der Waals surface area contributed by atoms with Crippen molar-refractivity contribution in [2.24, 2.45) is 11.8 Å². The third-order valence-electron chi connectivity index (χ3n) is 10.6. The molecule has 268 valence electrons. The fraction of sp³-hybridized carbons (Fsp3) is 0.310. The standard InChI is InChI=1S/C42H42BrN3O5S/c1-4-22-44(30-18-20-32(21-19-30)51-6-3)39(48)35-36-40(49)46(34(26-47)28-13-8-7-9-14-28)38(42(36)25-33(43)37(35)52-42)41(50)45(23-5-2)31-17-16-27-12-10-11-15-29(27)24-31/h4-5,7-21,24,33-38,47H,1-2,6,22-23,25-26H2,3H3/t33?,34-,35+,36+,37+,38?,42?/m1/s1. The fourth-order valence-electron chi connectivity index (χ4n) is 8.46. The number of anilines is 2. The Morgan fingerprint density at radius 3 is 2.23 bits per heavy atom. The molecule has 0 aliphatic carbocycles. The largest absolute Gasteiger partial charge is 0.494 e. The quantitative estimate of drug-likeness (QED) is 0.114. The van der Waals surface area contributed by atoms with Crippen molar-refractivity contribution in [3.05, 3.63) is 128 Å². The summed E-state index contributed by atoms with van der Waals surface area (Å²) in [7, 11) is 0. The molecule has 10 heteroatoms. The summed E-state index contributed by atoms with van der Waals surface area (Å²) in [4.78, 5) is 50.3. The van der Waals surface area contributed by atoms with E-state index in [2.05, 4.69) is 29.1 Å². The Morgan fingerprint density at radius 2 is 1.58 bits per heavy atom. The van der Waals surface area contributed by atoms with Crippen LogP contribution < -0.4 is 14.5 Å². The summed E-state index contributed by atoms with van der Waals surface area (Å²) in [5.41, 5.74) is 2.07. The molecule has 1 spiro atoms. The molecule has 3 heterocycles. The third kappa shape index (κ3) is 6.04. The number of likely N-dealkylation sites (tertiary alicyclic amines) is 1. The van der Waals surface area contributed by atoms with Crippen molar-refractivity contribution in [1.82, 2.24) is 4.90 Å². The first-order valence-corrected chi connectivity index (χ1v) is 19.4. The van der Waals surface area contributed by atoms with E-state index in [0.29, 0.717) is 35.7 Å². The fourth-order valence-corrected chi connectivity index (χ4v) is 12.0. The monoisotopic (exact) mass is 779 g/mol. The number of rotatable bonds is 13. The van der Waals surface area contributed by atoms with Crippen LogP contribution in [0.3, 0.4) is 0 Å². The summed E-state index contributed by atoms with van der Waals surface area (Å²) in [5.74, 6) is -1.59. The molecule has 3 fully saturated rings. The molecule has 3 amide bonds. The minimum Gasteiger partial charge on any atom is -0.494 e. The molecule has 52 heavy (non-hydrogen) atoms. The first kappa shape index (κ1) is 36.0. The van der Waals surface area contributed by atoms with E-state index in [1.165, 1.54) is 0 Å². The molecular weight excluding hydrogens is 738 g/mol. The highest BCUT2D eigenvalue weighted by atomic mass is 79.9. The van der Waals surface area contributed by atoms with Crippen molar-refractivity contribution in [3.63, 3.8) is 0 Å². The van der Waals surface area contributed by atoms with Gasteiger partial charge in [0.1, 0.15) is 11.8 Å². The topological polar surface area (TPSA) is 90.4 Å². The molecule has 7 rings (SSSR count). The molecule has 1 N–H and O–H groups in total. The lowest BCUT2D eigenvalue weighted by molar-refractivity contribution is -0.142. The number of fused-ring (bicyclic) bond motifs is 2. The van der Waals surface area contributed by atoms with E-state index in [-0.39, 0.29) is 47.5 Å². The van der Waals surface area contributed by atoms with Crippen LogP contribution in [-0.4, -0.2) is 74.9 Å². The van der Waals surface area contributed by atoms with Crippen LogP contribution >= 0.6 is 27.7 Å². The molecule has 4 aromatic rings. The zero-order valence-corrected chi connectivity index (χ0v) is 31.4. The lowest BCUT2D eigenvalue weighted by Crippen LogP contribution is -2.56. The van der Waals surface area contributed by atoms with Crippen LogP contribution in [0.1, 0.15) is 24.9 Å². The Balaban J connectivity index is 1.34. The number of hydrogen-bond donors (Lipinski definition) is 1. The van der Waals surface area contributed by atoms with Crippen LogP contribution in [0.2, 0.25) is 0 Å². The van der Waals surface area contributed by atoms with Gasteiger partial charge < -0.3 is 24.5 Å². The maximum Gasteiger partial charge on any atom is 0.251 e. The summed E-state index contributed by atoms with van der Waals surface area (Å²) < 4.78 is 4.70. The van der Waals surface area contributed by atoms with E-state index in [9.17, 15) is 9.90 Å². The van der Waals surface area contributed by atoms with Crippen LogP contribution in [0.25, 0.3) is 10.8 Å². The highest BCUT2D eigenvalue weighted by molar-refractivity contribution is 9.09. The van der Waals surface area contributed by atoms with Gasteiger partial charge >= 0.3 is 0 Å². The van der Waals surface area contributed by atoms with Crippen LogP contribution in [0.4, 0.5) is 11.4 Å². The Morgan fingerprint density at radius 1 is 0.942 bits per heavy atom. The van der Waals surface area contributed by atoms with Crippen LogP contribution in [0.5, 0.6) is 5.75 Å². The van der Waals surface area contributed by atoms with Crippen molar-refractivity contribution < 1.29 is 24.2 Å². The molecule has 7 atom stereocenters. The second-order valence-corrected chi connectivity index (χ2v) is 16.2. The molecule has 3 unspecified atom stereocenters. The lowest BCUT2D eigenvalue weighted by Gasteiger charge is -2.40. The molecule has 3 aliphatic rings. The summed E-state index contributed by atoms with van der Waals surface area (Å²) in [5, 5.41) is 12.8. The van der Waals surface area contributed by atoms with Gasteiger partial charge in [-0.2, -0.15) is 0 Å². The zero-order valence-electron chi connectivity index (χ0n) is 29.0. The van der Waals surface area contributed by atoms with Crippen molar-refractivity contribution in [3.8, 4) is 5.75 Å². The number of thioether (sulfide) groups is 1. The van der Waals surface area contributed by atoms with Gasteiger partial charge in [-0.1, -0.05) is 88.7 Å². The van der Waals surface area contributed by atoms with Gasteiger partial charge in [0.25, 0.3) is 5.91 Å². The van der Waals surface area contributed by atoms with Crippen molar-refractivity contribution >= 4 is 67.6 Å². The smallest absolute Gasteiger partial charge is 0.251 e. The number of nitrogens with zero attached hydrogens (tertiary/aromatic N) is 3. The average Bonchev–Trinajstić information content (AvgIpc) is 3.76. The number of carbonyl (C=O) groups is 3. The van der Waals surface area contributed by atoms with Crippen LogP contribution in [0, 0.1) is 11.8 Å². The number of amides is 3. The number of ether oxygens (including phenoxy) is 1. The number of hydrogen-bond acceptors (Lipinski definition) is 6. The number of carbonyl (C=O) groups excluding carboxylic acids is 3. The van der Waals surface area contributed by atoms with Gasteiger partial charge in [0.05, 0.1) is 35.8 Å². The Kier molecular flexibility index (Phi) is 10.3. The van der Waals surface area contributed by atoms with E-state index in [0.717, 1.165) is 10.8 Å². The van der Waals surface area contributed by atoms with E-state index >= 15 is 9.59 Å². The van der Waals surface area contributed by atoms with Gasteiger partial charge in [-0.05, 0) is 66.1 Å². The predicted octanol–water partition coefficient (Wildman–Crippen LogP) is 7.17. The maximum atomic E-state index is 15.4. The SMILES string of the molecule is C=CCN(C(=O)C1N([C@H](CO)c2ccccc2)C(=O)[C@@H]2[C@H](C(=O)N(CC=C)c3ccc(OCC)cc3)[C@H]3SC12CC3Br)c1ccc2ccccc2c1. The molecule has 0 radical (unpaired) electrons. The first-order valence-electron chi connectivity index (χ1n) is 17.6. The molecule has 4 aromatic carbocycles. The minimum absolute atomic E-state index is 0.130. The van der Waals surface area contributed by atoms with Gasteiger partial charge in [0.15, 0.2) is 0 Å². The van der Waals surface area contributed by atoms with E-state index in [1.54, 1.807) is 38.6 Å². The van der Waals surface area contributed by atoms with Gasteiger partial charge in [-0.3, -0.25) is 14.4 Å². The molecule has 8 nitrogen and oxygen atoms in total. The first-order chi connectivity index (χ1) is 25.3. The predicted molar refractivity (Wildman–Crippen MR) is 212 cm³/mol. The Labute approximate surface area is 317 Å². The van der Waals surface area contributed by atoms with Crippen molar-refractivity contribution in [2.75, 3.05) is 36.1 Å². The van der Waals surface area contributed by atoms with E-state index in [4.69, 9.17) is 4.74 Å². The molecule has 0 aromatic heterocycles. The molecule has 0 saturated carbocycles. The summed E-state index contributed by atoms with van der Waals surface area (Å²) in [6.07, 6.45) is 3.87. The Hall–Kier alpha value is -4.38. The van der Waals surface area contributed by atoms with Gasteiger partial charge in [-0.15, -0.1) is 24.9 Å². The number of aliphatic hydroxyl groups excluding tert-OH is 1. The van der Waals surface area contributed by atoms with Crippen molar-refractivity contribution in [1.29, 1.82) is 0 Å². The van der Waals surface area contributed by atoms with Crippen LogP contribution in [-0.2, 0) is 14.4 Å². The minimum atomic E-state index is -0.972. The number of halogens is 1. The summed E-state index contributed by atoms with van der Waals surface area (Å²) in [6, 6.07) is 28.8. The van der Waals surface area contributed by atoms with Gasteiger partial charge in [0, 0.05) is 34.5 Å². The Bertz CT molecular complexity index is 1990.